The summed E-state index contributed by atoms with van der Waals surface area (Å²) in [6.07, 6.45) is 5.90. The molecule has 4 nitrogen and oxygen atoms in total. The Bertz CT molecular complexity index is 1280. The Balaban J connectivity index is 1.51. The van der Waals surface area contributed by atoms with Crippen molar-refractivity contribution in [2.45, 2.75) is 31.8 Å². The summed E-state index contributed by atoms with van der Waals surface area (Å²) in [5.74, 6) is 1.70. The molecule has 3 aromatic carbocycles. The SMILES string of the molecule is NC(=S)c1ccccc1Cn1cccc1C(c1cccc(Oc2ccccc2)c1)N1CCCCC1. The number of hydrogen-bond acceptors (Lipinski definition) is 3. The predicted molar refractivity (Wildman–Crippen MR) is 146 cm³/mol. The molecule has 1 fully saturated rings. The van der Waals surface area contributed by atoms with E-state index in [1.54, 1.807) is 0 Å². The number of para-hydroxylation sites is 1. The number of benzene rings is 3. The van der Waals surface area contributed by atoms with E-state index in [0.29, 0.717) is 4.99 Å². The first kappa shape index (κ1) is 23.3. The van der Waals surface area contributed by atoms with E-state index in [1.165, 1.54) is 30.5 Å². The Morgan fingerprint density at radius 1 is 0.829 bits per heavy atom. The standard InChI is InChI=1S/C30H31N3OS/c31-30(35)27-16-6-5-11-24(27)22-33-20-10-17-28(33)29(32-18-7-2-8-19-32)23-12-9-15-26(21-23)34-25-13-3-1-4-14-25/h1,3-6,9-17,20-21,29H,2,7-8,18-19,22H2,(H2,31,35). The van der Waals surface area contributed by atoms with Crippen LogP contribution in [0.4, 0.5) is 0 Å². The molecule has 4 aromatic rings. The minimum atomic E-state index is 0.140. The number of aromatic nitrogens is 1. The number of nitrogens with two attached hydrogens (primary N) is 1. The van der Waals surface area contributed by atoms with Crippen LogP contribution >= 0.6 is 12.2 Å². The van der Waals surface area contributed by atoms with E-state index < -0.39 is 0 Å². The highest BCUT2D eigenvalue weighted by molar-refractivity contribution is 7.80. The summed E-state index contributed by atoms with van der Waals surface area (Å²) in [6.45, 7) is 2.90. The quantitative estimate of drug-likeness (QED) is 0.290. The van der Waals surface area contributed by atoms with Gasteiger partial charge in [0, 0.05) is 24.0 Å². The molecule has 5 rings (SSSR count). The van der Waals surface area contributed by atoms with Crippen molar-refractivity contribution in [2.75, 3.05) is 13.1 Å². The zero-order valence-corrected chi connectivity index (χ0v) is 20.7. The van der Waals surface area contributed by atoms with E-state index in [9.17, 15) is 0 Å². The Hall–Kier alpha value is -3.41. The molecule has 1 saturated heterocycles. The number of likely N-dealkylation sites (tertiary alicyclic amines) is 1. The van der Waals surface area contributed by atoms with Gasteiger partial charge < -0.3 is 15.0 Å². The van der Waals surface area contributed by atoms with Crippen LogP contribution in [0.25, 0.3) is 0 Å². The molecule has 0 spiro atoms. The monoisotopic (exact) mass is 481 g/mol. The molecule has 0 aliphatic carbocycles. The molecule has 0 radical (unpaired) electrons. The third kappa shape index (κ3) is 5.47. The lowest BCUT2D eigenvalue weighted by Gasteiger charge is -2.36. The molecule has 35 heavy (non-hydrogen) atoms. The van der Waals surface area contributed by atoms with Gasteiger partial charge in [0.2, 0.25) is 0 Å². The van der Waals surface area contributed by atoms with Gasteiger partial charge >= 0.3 is 0 Å². The first-order valence-corrected chi connectivity index (χ1v) is 12.7. The molecular formula is C30H31N3OS. The molecule has 1 aliphatic rings. The third-order valence-corrected chi connectivity index (χ3v) is 6.90. The van der Waals surface area contributed by atoms with Crippen LogP contribution in [0.15, 0.2) is 97.2 Å². The summed E-state index contributed by atoms with van der Waals surface area (Å²) in [6, 6.07) is 31.2. The van der Waals surface area contributed by atoms with E-state index in [4.69, 9.17) is 22.7 Å². The van der Waals surface area contributed by atoms with Crippen LogP contribution in [-0.4, -0.2) is 27.5 Å². The van der Waals surface area contributed by atoms with Crippen molar-refractivity contribution in [3.05, 3.63) is 120 Å². The third-order valence-electron chi connectivity index (χ3n) is 6.68. The van der Waals surface area contributed by atoms with Crippen LogP contribution < -0.4 is 10.5 Å². The van der Waals surface area contributed by atoms with Gasteiger partial charge in [-0.3, -0.25) is 4.90 Å². The minimum absolute atomic E-state index is 0.140. The predicted octanol–water partition coefficient (Wildman–Crippen LogP) is 6.54. The summed E-state index contributed by atoms with van der Waals surface area (Å²) in [7, 11) is 0. The van der Waals surface area contributed by atoms with Crippen molar-refractivity contribution in [3.8, 4) is 11.5 Å². The highest BCUT2D eigenvalue weighted by atomic mass is 32.1. The molecule has 1 aliphatic heterocycles. The maximum absolute atomic E-state index is 6.19. The van der Waals surface area contributed by atoms with Crippen LogP contribution in [0.3, 0.4) is 0 Å². The second kappa shape index (κ2) is 10.9. The first-order chi connectivity index (χ1) is 17.2. The summed E-state index contributed by atoms with van der Waals surface area (Å²) in [5, 5.41) is 0. The smallest absolute Gasteiger partial charge is 0.127 e. The molecule has 1 aromatic heterocycles. The number of rotatable bonds is 8. The van der Waals surface area contributed by atoms with Gasteiger partial charge in [0.05, 0.1) is 6.04 Å². The Labute approximate surface area is 213 Å². The second-order valence-electron chi connectivity index (χ2n) is 9.07. The molecule has 0 saturated carbocycles. The summed E-state index contributed by atoms with van der Waals surface area (Å²) >= 11 is 5.32. The molecule has 178 valence electrons. The van der Waals surface area contributed by atoms with Crippen molar-refractivity contribution in [1.82, 2.24) is 9.47 Å². The zero-order chi connectivity index (χ0) is 24.0. The Morgan fingerprint density at radius 3 is 2.37 bits per heavy atom. The Kier molecular flexibility index (Phi) is 7.26. The molecule has 2 heterocycles. The lowest BCUT2D eigenvalue weighted by atomic mass is 9.98. The fourth-order valence-corrected chi connectivity index (χ4v) is 5.22. The first-order valence-electron chi connectivity index (χ1n) is 12.3. The molecule has 1 unspecified atom stereocenters. The van der Waals surface area contributed by atoms with Gasteiger partial charge in [-0.15, -0.1) is 0 Å². The summed E-state index contributed by atoms with van der Waals surface area (Å²) in [5.41, 5.74) is 10.6. The van der Waals surface area contributed by atoms with Crippen LogP contribution in [-0.2, 0) is 6.54 Å². The van der Waals surface area contributed by atoms with E-state index >= 15 is 0 Å². The summed E-state index contributed by atoms with van der Waals surface area (Å²) in [4.78, 5) is 3.05. The van der Waals surface area contributed by atoms with E-state index in [1.807, 2.05) is 54.6 Å². The fourth-order valence-electron chi connectivity index (χ4n) is 5.02. The van der Waals surface area contributed by atoms with Gasteiger partial charge in [-0.2, -0.15) is 0 Å². The topological polar surface area (TPSA) is 43.4 Å². The van der Waals surface area contributed by atoms with Crippen molar-refractivity contribution >= 4 is 17.2 Å². The highest BCUT2D eigenvalue weighted by Crippen LogP contribution is 2.34. The second-order valence-corrected chi connectivity index (χ2v) is 9.51. The van der Waals surface area contributed by atoms with Crippen molar-refractivity contribution in [3.63, 3.8) is 0 Å². The van der Waals surface area contributed by atoms with E-state index in [2.05, 4.69) is 52.1 Å². The number of thiocarbonyl (C=S) groups is 1. The van der Waals surface area contributed by atoms with E-state index in [-0.39, 0.29) is 6.04 Å². The number of nitrogens with zero attached hydrogens (tertiary/aromatic N) is 2. The van der Waals surface area contributed by atoms with Gasteiger partial charge in [0.25, 0.3) is 0 Å². The molecule has 0 amide bonds. The maximum atomic E-state index is 6.19. The fraction of sp³-hybridized carbons (Fsp3) is 0.233. The Morgan fingerprint density at radius 2 is 1.57 bits per heavy atom. The number of ether oxygens (including phenoxy) is 1. The molecule has 0 bridgehead atoms. The van der Waals surface area contributed by atoms with Crippen LogP contribution in [0, 0.1) is 0 Å². The number of piperidine rings is 1. The normalized spacial score (nSPS) is 15.0. The van der Waals surface area contributed by atoms with Crippen LogP contribution in [0.2, 0.25) is 0 Å². The van der Waals surface area contributed by atoms with Crippen molar-refractivity contribution in [1.29, 1.82) is 0 Å². The van der Waals surface area contributed by atoms with Gasteiger partial charge in [0.1, 0.15) is 16.5 Å². The molecule has 1 atom stereocenters. The van der Waals surface area contributed by atoms with Crippen molar-refractivity contribution < 1.29 is 4.74 Å². The van der Waals surface area contributed by atoms with Gasteiger partial charge in [-0.25, -0.2) is 0 Å². The van der Waals surface area contributed by atoms with Gasteiger partial charge in [0.15, 0.2) is 0 Å². The molecule has 5 heteroatoms. The molecule has 2 N–H and O–H groups in total. The van der Waals surface area contributed by atoms with Gasteiger partial charge in [-0.1, -0.05) is 73.2 Å². The van der Waals surface area contributed by atoms with E-state index in [0.717, 1.165) is 42.3 Å². The summed E-state index contributed by atoms with van der Waals surface area (Å²) < 4.78 is 8.52. The van der Waals surface area contributed by atoms with Crippen molar-refractivity contribution in [2.24, 2.45) is 5.73 Å². The maximum Gasteiger partial charge on any atom is 0.127 e. The average Bonchev–Trinajstić information content (AvgIpc) is 3.33. The average molecular weight is 482 g/mol. The van der Waals surface area contributed by atoms with Crippen LogP contribution in [0.1, 0.15) is 47.7 Å². The molecular weight excluding hydrogens is 450 g/mol. The minimum Gasteiger partial charge on any atom is -0.457 e. The lowest BCUT2D eigenvalue weighted by molar-refractivity contribution is 0.182. The zero-order valence-electron chi connectivity index (χ0n) is 19.8. The van der Waals surface area contributed by atoms with Gasteiger partial charge in [-0.05, 0) is 73.5 Å². The lowest BCUT2D eigenvalue weighted by Crippen LogP contribution is -2.35. The number of hydrogen-bond donors (Lipinski definition) is 1. The highest BCUT2D eigenvalue weighted by Gasteiger charge is 2.27. The van der Waals surface area contributed by atoms with Crippen LogP contribution in [0.5, 0.6) is 11.5 Å². The largest absolute Gasteiger partial charge is 0.457 e.